The van der Waals surface area contributed by atoms with Crippen molar-refractivity contribution in [2.24, 2.45) is 5.14 Å². The summed E-state index contributed by atoms with van der Waals surface area (Å²) in [6, 6.07) is 4.19. The zero-order valence-corrected chi connectivity index (χ0v) is 11.0. The van der Waals surface area contributed by atoms with Crippen molar-refractivity contribution in [1.29, 1.82) is 5.26 Å². The van der Waals surface area contributed by atoms with Crippen LogP contribution in [-0.4, -0.2) is 14.5 Å². The van der Waals surface area contributed by atoms with Gasteiger partial charge in [0.2, 0.25) is 10.0 Å². The van der Waals surface area contributed by atoms with Gasteiger partial charge < -0.3 is 4.74 Å². The van der Waals surface area contributed by atoms with E-state index in [9.17, 15) is 8.42 Å². The normalized spacial score (nSPS) is 11.2. The number of thioether (sulfide) groups is 1. The zero-order valence-electron chi connectivity index (χ0n) is 9.38. The first-order valence-electron chi connectivity index (χ1n) is 4.74. The van der Waals surface area contributed by atoms with Crippen LogP contribution in [0.5, 0.6) is 5.75 Å². The van der Waals surface area contributed by atoms with Crippen LogP contribution in [0.3, 0.4) is 0 Å². The number of ether oxygens (including phenoxy) is 1. The van der Waals surface area contributed by atoms with Gasteiger partial charge in [-0.25, -0.2) is 13.6 Å². The molecule has 0 fully saturated rings. The molecule has 0 saturated heterocycles. The van der Waals surface area contributed by atoms with Gasteiger partial charge >= 0.3 is 0 Å². The molecule has 0 aliphatic carbocycles. The fraction of sp³-hybridized carbons (Fsp3) is 0.300. The minimum absolute atomic E-state index is 0.0358. The highest BCUT2D eigenvalue weighted by atomic mass is 32.2. The predicted octanol–water partition coefficient (Wildman–Crippen LogP) is 1.69. The van der Waals surface area contributed by atoms with Gasteiger partial charge in [-0.15, -0.1) is 0 Å². The van der Waals surface area contributed by atoms with Gasteiger partial charge in [-0.05, 0) is 43.8 Å². The fourth-order valence-corrected chi connectivity index (χ4v) is 2.26. The van der Waals surface area contributed by atoms with Gasteiger partial charge in [0, 0.05) is 0 Å². The molecular weight excluding hydrogens is 260 g/mol. The molecule has 2 N–H and O–H groups in total. The summed E-state index contributed by atoms with van der Waals surface area (Å²) in [6.45, 7) is 3.68. The maximum atomic E-state index is 11.2. The lowest BCUT2D eigenvalue weighted by Gasteiger charge is -2.13. The third kappa shape index (κ3) is 3.93. The summed E-state index contributed by atoms with van der Waals surface area (Å²) >= 11 is 0.835. The SMILES string of the molecule is CC(C)Oc1ccc(S(N)(=O)=O)cc1SC#N. The summed E-state index contributed by atoms with van der Waals surface area (Å²) in [6.07, 6.45) is -0.0617. The monoisotopic (exact) mass is 272 g/mol. The lowest BCUT2D eigenvalue weighted by Crippen LogP contribution is -2.12. The highest BCUT2D eigenvalue weighted by Crippen LogP contribution is 2.31. The molecule has 0 atom stereocenters. The Balaban J connectivity index is 3.23. The van der Waals surface area contributed by atoms with E-state index in [1.54, 1.807) is 0 Å². The quantitative estimate of drug-likeness (QED) is 0.665. The van der Waals surface area contributed by atoms with Crippen molar-refractivity contribution in [1.82, 2.24) is 0 Å². The van der Waals surface area contributed by atoms with Gasteiger partial charge in [0.15, 0.2) is 0 Å². The number of nitrogens with two attached hydrogens (primary N) is 1. The van der Waals surface area contributed by atoms with E-state index < -0.39 is 10.0 Å². The first kappa shape index (κ1) is 13.8. The Labute approximate surface area is 105 Å². The first-order valence-corrected chi connectivity index (χ1v) is 7.10. The molecule has 1 aromatic rings. The molecule has 0 unspecified atom stereocenters. The fourth-order valence-electron chi connectivity index (χ4n) is 1.15. The number of nitriles is 1. The Bertz CT molecular complexity index is 547. The summed E-state index contributed by atoms with van der Waals surface area (Å²) in [5, 5.41) is 15.5. The molecule has 0 aliphatic rings. The maximum Gasteiger partial charge on any atom is 0.238 e. The van der Waals surface area contributed by atoms with Gasteiger partial charge in [0.05, 0.1) is 15.9 Å². The number of rotatable bonds is 4. The van der Waals surface area contributed by atoms with Crippen LogP contribution in [-0.2, 0) is 10.0 Å². The van der Waals surface area contributed by atoms with Crippen LogP contribution in [0.4, 0.5) is 0 Å². The standard InChI is InChI=1S/C10H12N2O3S2/c1-7(2)15-9-4-3-8(17(12,13)14)5-10(9)16-6-11/h3-5,7H,1-2H3,(H2,12,13,14). The molecule has 5 nitrogen and oxygen atoms in total. The second-order valence-electron chi connectivity index (χ2n) is 3.51. The largest absolute Gasteiger partial charge is 0.490 e. The number of nitrogens with zero attached hydrogens (tertiary/aromatic N) is 1. The minimum Gasteiger partial charge on any atom is -0.490 e. The van der Waals surface area contributed by atoms with E-state index >= 15 is 0 Å². The Hall–Kier alpha value is -1.23. The Morgan fingerprint density at radius 2 is 2.12 bits per heavy atom. The van der Waals surface area contributed by atoms with Crippen molar-refractivity contribution < 1.29 is 13.2 Å². The van der Waals surface area contributed by atoms with Crippen molar-refractivity contribution in [3.05, 3.63) is 18.2 Å². The van der Waals surface area contributed by atoms with Crippen LogP contribution in [0.25, 0.3) is 0 Å². The predicted molar refractivity (Wildman–Crippen MR) is 65.0 cm³/mol. The van der Waals surface area contributed by atoms with Gasteiger partial charge in [-0.1, -0.05) is 0 Å². The van der Waals surface area contributed by atoms with Crippen molar-refractivity contribution in [3.63, 3.8) is 0 Å². The molecule has 0 amide bonds. The third-order valence-electron chi connectivity index (χ3n) is 1.76. The molecule has 0 aromatic heterocycles. The molecule has 1 rings (SSSR count). The summed E-state index contributed by atoms with van der Waals surface area (Å²) < 4.78 is 27.8. The summed E-state index contributed by atoms with van der Waals surface area (Å²) in [4.78, 5) is 0.402. The van der Waals surface area contributed by atoms with E-state index in [0.717, 1.165) is 11.8 Å². The number of primary sulfonamides is 1. The van der Waals surface area contributed by atoms with Crippen LogP contribution in [0.15, 0.2) is 28.0 Å². The number of hydrogen-bond acceptors (Lipinski definition) is 5. The summed E-state index contributed by atoms with van der Waals surface area (Å²) in [5.74, 6) is 0.471. The zero-order chi connectivity index (χ0) is 13.1. The highest BCUT2D eigenvalue weighted by molar-refractivity contribution is 8.03. The second-order valence-corrected chi connectivity index (χ2v) is 5.90. The van der Waals surface area contributed by atoms with Crippen LogP contribution >= 0.6 is 11.8 Å². The molecule has 0 spiro atoms. The van der Waals surface area contributed by atoms with Gasteiger partial charge in [-0.2, -0.15) is 5.26 Å². The maximum absolute atomic E-state index is 11.2. The Kier molecular flexibility index (Phi) is 4.40. The Morgan fingerprint density at radius 3 is 2.59 bits per heavy atom. The molecule has 0 bridgehead atoms. The number of thiocyanates is 1. The molecule has 0 radical (unpaired) electrons. The van der Waals surface area contributed by atoms with Gasteiger partial charge in [0.1, 0.15) is 11.2 Å². The van der Waals surface area contributed by atoms with Crippen LogP contribution in [0.2, 0.25) is 0 Å². The second kappa shape index (κ2) is 5.40. The van der Waals surface area contributed by atoms with Crippen LogP contribution < -0.4 is 9.88 Å². The molecule has 1 aromatic carbocycles. The van der Waals surface area contributed by atoms with Crippen molar-refractivity contribution >= 4 is 21.8 Å². The number of hydrogen-bond donors (Lipinski definition) is 1. The third-order valence-corrected chi connectivity index (χ3v) is 3.30. The molecule has 7 heteroatoms. The van der Waals surface area contributed by atoms with Crippen molar-refractivity contribution in [2.75, 3.05) is 0 Å². The van der Waals surface area contributed by atoms with Crippen LogP contribution in [0, 0.1) is 10.7 Å². The summed E-state index contributed by atoms with van der Waals surface area (Å²) in [7, 11) is -3.77. The average molecular weight is 272 g/mol. The lowest BCUT2D eigenvalue weighted by atomic mass is 10.3. The van der Waals surface area contributed by atoms with E-state index in [1.165, 1.54) is 18.2 Å². The van der Waals surface area contributed by atoms with E-state index in [0.29, 0.717) is 10.6 Å². The average Bonchev–Trinajstić information content (AvgIpc) is 2.18. The molecule has 92 valence electrons. The topological polar surface area (TPSA) is 93.2 Å². The minimum atomic E-state index is -3.77. The van der Waals surface area contributed by atoms with Crippen LogP contribution in [0.1, 0.15) is 13.8 Å². The molecule has 0 aliphatic heterocycles. The Morgan fingerprint density at radius 1 is 1.47 bits per heavy atom. The van der Waals surface area contributed by atoms with E-state index in [4.69, 9.17) is 15.1 Å². The number of sulfonamides is 1. The highest BCUT2D eigenvalue weighted by Gasteiger charge is 2.13. The first-order chi connectivity index (χ1) is 7.84. The number of benzene rings is 1. The smallest absolute Gasteiger partial charge is 0.238 e. The summed E-state index contributed by atoms with van der Waals surface area (Å²) in [5.41, 5.74) is 0. The molecule has 17 heavy (non-hydrogen) atoms. The van der Waals surface area contributed by atoms with E-state index in [2.05, 4.69) is 0 Å². The van der Waals surface area contributed by atoms with Crippen molar-refractivity contribution in [2.45, 2.75) is 29.7 Å². The molecule has 0 heterocycles. The molecule has 0 saturated carbocycles. The van der Waals surface area contributed by atoms with Crippen molar-refractivity contribution in [3.8, 4) is 11.2 Å². The van der Waals surface area contributed by atoms with Gasteiger partial charge in [0.25, 0.3) is 0 Å². The van der Waals surface area contributed by atoms with Gasteiger partial charge in [-0.3, -0.25) is 0 Å². The lowest BCUT2D eigenvalue weighted by molar-refractivity contribution is 0.236. The van der Waals surface area contributed by atoms with E-state index in [-0.39, 0.29) is 11.0 Å². The van der Waals surface area contributed by atoms with E-state index in [1.807, 2.05) is 19.2 Å². The molecular formula is C10H12N2O3S2.